The molecule has 1 aliphatic heterocycles. The van der Waals surface area contributed by atoms with E-state index in [4.69, 9.17) is 0 Å². The fraction of sp³-hybridized carbons (Fsp3) is 0.190. The van der Waals surface area contributed by atoms with Crippen LogP contribution in [0.1, 0.15) is 31.4 Å². The summed E-state index contributed by atoms with van der Waals surface area (Å²) in [4.78, 5) is 15.8. The van der Waals surface area contributed by atoms with Crippen molar-refractivity contribution in [2.75, 3.05) is 12.0 Å². The van der Waals surface area contributed by atoms with Crippen molar-refractivity contribution < 1.29 is 4.79 Å². The summed E-state index contributed by atoms with van der Waals surface area (Å²) in [7, 11) is 0. The predicted octanol–water partition coefficient (Wildman–Crippen LogP) is 3.27. The number of aromatic nitrogens is 1. The van der Waals surface area contributed by atoms with Gasteiger partial charge in [-0.3, -0.25) is 10.2 Å². The summed E-state index contributed by atoms with van der Waals surface area (Å²) < 4.78 is 0. The van der Waals surface area contributed by atoms with Crippen LogP contribution in [-0.4, -0.2) is 23.1 Å². The number of hydrogen-bond acceptors (Lipinski definition) is 5. The number of amides is 1. The van der Waals surface area contributed by atoms with Gasteiger partial charge < -0.3 is 10.6 Å². The summed E-state index contributed by atoms with van der Waals surface area (Å²) in [6, 6.07) is 13.8. The number of hydrogen-bond donors (Lipinski definition) is 3. The number of carbonyl (C=O) groups is 1. The molecule has 2 aromatic rings. The molecule has 0 bridgehead atoms. The van der Waals surface area contributed by atoms with Crippen LogP contribution in [0.2, 0.25) is 0 Å². The summed E-state index contributed by atoms with van der Waals surface area (Å²) in [5.41, 5.74) is 7.74. The number of allylic oxidation sites excluding steroid dienone is 1. The zero-order valence-electron chi connectivity index (χ0n) is 15.5. The minimum Gasteiger partial charge on any atom is -0.358 e. The first-order valence-electron chi connectivity index (χ1n) is 8.89. The monoisotopic (exact) mass is 361 g/mol. The lowest BCUT2D eigenvalue weighted by Gasteiger charge is -2.18. The van der Waals surface area contributed by atoms with Crippen LogP contribution in [0.5, 0.6) is 0 Å². The van der Waals surface area contributed by atoms with Crippen molar-refractivity contribution >= 4 is 23.1 Å². The Morgan fingerprint density at radius 3 is 2.78 bits per heavy atom. The number of carbonyl (C=O) groups excluding carboxylic acids is 1. The van der Waals surface area contributed by atoms with E-state index >= 15 is 0 Å². The molecule has 1 amide bonds. The second kappa shape index (κ2) is 8.80. The van der Waals surface area contributed by atoms with E-state index < -0.39 is 0 Å². The van der Waals surface area contributed by atoms with Crippen molar-refractivity contribution in [2.24, 2.45) is 5.10 Å². The van der Waals surface area contributed by atoms with Crippen molar-refractivity contribution in [1.29, 1.82) is 0 Å². The fourth-order valence-electron chi connectivity index (χ4n) is 2.73. The average molecular weight is 361 g/mol. The van der Waals surface area contributed by atoms with Crippen molar-refractivity contribution in [2.45, 2.75) is 20.3 Å². The standard InChI is InChI=1S/C21H23N5O/c1-3-19(24-18-10-12-23-21(27)14-18)17-9-11-22-20(13-17)26-25-15(2)16-7-5-4-6-8-16/h3-9,11,13-14,24H,10,12H2,1-2H3,(H,22,26)(H,23,27)/b19-3-,25-15+. The maximum Gasteiger partial charge on any atom is 0.245 e. The molecule has 3 rings (SSSR count). The van der Waals surface area contributed by atoms with Crippen LogP contribution in [0.15, 0.2) is 71.6 Å². The normalized spacial score (nSPS) is 15.0. The first-order valence-corrected chi connectivity index (χ1v) is 8.89. The van der Waals surface area contributed by atoms with Gasteiger partial charge in [0.2, 0.25) is 5.91 Å². The Hall–Kier alpha value is -3.41. The van der Waals surface area contributed by atoms with Crippen molar-refractivity contribution in [3.05, 3.63) is 77.6 Å². The zero-order valence-corrected chi connectivity index (χ0v) is 15.5. The quantitative estimate of drug-likeness (QED) is 0.545. The van der Waals surface area contributed by atoms with Gasteiger partial charge in [-0.25, -0.2) is 4.98 Å². The van der Waals surface area contributed by atoms with Gasteiger partial charge >= 0.3 is 0 Å². The number of benzene rings is 1. The smallest absolute Gasteiger partial charge is 0.245 e. The molecule has 1 aliphatic rings. The summed E-state index contributed by atoms with van der Waals surface area (Å²) in [5.74, 6) is 0.585. The molecule has 6 heteroatoms. The second-order valence-electron chi connectivity index (χ2n) is 6.14. The van der Waals surface area contributed by atoms with Crippen LogP contribution < -0.4 is 16.1 Å². The highest BCUT2D eigenvalue weighted by Crippen LogP contribution is 2.17. The molecular weight excluding hydrogens is 338 g/mol. The number of anilines is 1. The van der Waals surface area contributed by atoms with Crippen molar-refractivity contribution in [1.82, 2.24) is 15.6 Å². The van der Waals surface area contributed by atoms with Crippen LogP contribution in [0.25, 0.3) is 5.70 Å². The Kier molecular flexibility index (Phi) is 5.99. The molecule has 138 valence electrons. The van der Waals surface area contributed by atoms with Crippen LogP contribution in [0.3, 0.4) is 0 Å². The van der Waals surface area contributed by atoms with Gasteiger partial charge in [0.25, 0.3) is 0 Å². The molecule has 0 spiro atoms. The molecule has 2 heterocycles. The van der Waals surface area contributed by atoms with Crippen LogP contribution in [-0.2, 0) is 4.79 Å². The van der Waals surface area contributed by atoms with Gasteiger partial charge in [0.1, 0.15) is 5.82 Å². The summed E-state index contributed by atoms with van der Waals surface area (Å²) in [6.07, 6.45) is 6.09. The topological polar surface area (TPSA) is 78.4 Å². The Labute approximate surface area is 159 Å². The third-order valence-corrected chi connectivity index (χ3v) is 4.18. The van der Waals surface area contributed by atoms with E-state index in [-0.39, 0.29) is 5.91 Å². The maximum absolute atomic E-state index is 11.5. The van der Waals surface area contributed by atoms with Crippen molar-refractivity contribution in [3.63, 3.8) is 0 Å². The van der Waals surface area contributed by atoms with Crippen LogP contribution >= 0.6 is 0 Å². The molecule has 0 aliphatic carbocycles. The molecule has 0 radical (unpaired) electrons. The third kappa shape index (κ3) is 5.04. The molecule has 3 N–H and O–H groups in total. The Morgan fingerprint density at radius 2 is 2.04 bits per heavy atom. The fourth-order valence-corrected chi connectivity index (χ4v) is 2.73. The first kappa shape index (κ1) is 18.4. The van der Waals surface area contributed by atoms with Gasteiger partial charge in [0, 0.05) is 42.2 Å². The molecule has 0 saturated heterocycles. The lowest BCUT2D eigenvalue weighted by Crippen LogP contribution is -2.30. The lowest BCUT2D eigenvalue weighted by atomic mass is 10.1. The molecule has 1 aromatic carbocycles. The molecule has 6 nitrogen and oxygen atoms in total. The van der Waals surface area contributed by atoms with E-state index in [2.05, 4.69) is 26.1 Å². The molecule has 0 saturated carbocycles. The van der Waals surface area contributed by atoms with E-state index in [0.717, 1.165) is 34.7 Å². The number of rotatable bonds is 6. The molecular formula is C21H23N5O. The Bertz CT molecular complexity index is 900. The van der Waals surface area contributed by atoms with Gasteiger partial charge in [0.05, 0.1) is 5.71 Å². The second-order valence-corrected chi connectivity index (χ2v) is 6.14. The minimum atomic E-state index is -0.0676. The summed E-state index contributed by atoms with van der Waals surface area (Å²) in [5, 5.41) is 10.5. The van der Waals surface area contributed by atoms with Gasteiger partial charge in [-0.1, -0.05) is 36.4 Å². The number of hydrazone groups is 1. The van der Waals surface area contributed by atoms with Crippen molar-refractivity contribution in [3.8, 4) is 0 Å². The van der Waals surface area contributed by atoms with Crippen LogP contribution in [0.4, 0.5) is 5.82 Å². The SMILES string of the molecule is C/C=C(\NC1=CC(=O)NCC1)c1ccnc(N/N=C(\C)c2ccccc2)c1. The number of pyridine rings is 1. The van der Waals surface area contributed by atoms with E-state index in [0.29, 0.717) is 12.4 Å². The highest BCUT2D eigenvalue weighted by Gasteiger charge is 2.11. The van der Waals surface area contributed by atoms with Gasteiger partial charge in [-0.2, -0.15) is 5.10 Å². The van der Waals surface area contributed by atoms with Gasteiger partial charge in [-0.05, 0) is 31.5 Å². The first-order chi connectivity index (χ1) is 13.2. The van der Waals surface area contributed by atoms with E-state index in [1.165, 1.54) is 0 Å². The molecule has 0 fully saturated rings. The molecule has 0 atom stereocenters. The number of nitrogens with zero attached hydrogens (tertiary/aromatic N) is 2. The Balaban J connectivity index is 1.73. The summed E-state index contributed by atoms with van der Waals surface area (Å²) >= 11 is 0. The van der Waals surface area contributed by atoms with Crippen LogP contribution in [0, 0.1) is 0 Å². The summed E-state index contributed by atoms with van der Waals surface area (Å²) in [6.45, 7) is 4.55. The number of nitrogens with one attached hydrogen (secondary N) is 3. The predicted molar refractivity (Wildman–Crippen MR) is 109 cm³/mol. The third-order valence-electron chi connectivity index (χ3n) is 4.18. The molecule has 1 aromatic heterocycles. The molecule has 27 heavy (non-hydrogen) atoms. The van der Waals surface area contributed by atoms with E-state index in [9.17, 15) is 4.79 Å². The highest BCUT2D eigenvalue weighted by atomic mass is 16.1. The van der Waals surface area contributed by atoms with E-state index in [1.807, 2.05) is 62.4 Å². The zero-order chi connectivity index (χ0) is 19.1. The highest BCUT2D eigenvalue weighted by molar-refractivity contribution is 5.99. The van der Waals surface area contributed by atoms with E-state index in [1.54, 1.807) is 12.3 Å². The van der Waals surface area contributed by atoms with Gasteiger partial charge in [-0.15, -0.1) is 0 Å². The molecule has 0 unspecified atom stereocenters. The largest absolute Gasteiger partial charge is 0.358 e. The average Bonchev–Trinajstić information content (AvgIpc) is 2.71. The maximum atomic E-state index is 11.5. The minimum absolute atomic E-state index is 0.0676. The Morgan fingerprint density at radius 1 is 1.22 bits per heavy atom. The van der Waals surface area contributed by atoms with Gasteiger partial charge in [0.15, 0.2) is 0 Å². The lowest BCUT2D eigenvalue weighted by molar-refractivity contribution is -0.116.